The van der Waals surface area contributed by atoms with Gasteiger partial charge in [0, 0.05) is 17.7 Å². The van der Waals surface area contributed by atoms with Crippen molar-refractivity contribution in [3.05, 3.63) is 52.3 Å². The third-order valence-electron chi connectivity index (χ3n) is 2.91. The number of nitrogens with zero attached hydrogens (tertiary/aromatic N) is 1. The summed E-state index contributed by atoms with van der Waals surface area (Å²) in [5, 5.41) is 14.0. The van der Waals surface area contributed by atoms with Crippen LogP contribution in [0.1, 0.15) is 25.6 Å². The van der Waals surface area contributed by atoms with Gasteiger partial charge in [0.2, 0.25) is 0 Å². The first-order valence-electron chi connectivity index (χ1n) is 6.19. The van der Waals surface area contributed by atoms with E-state index in [-0.39, 0.29) is 11.7 Å². The molecular formula is C14H16N2O3. The molecule has 100 valence electrons. The molecule has 2 aromatic rings. The van der Waals surface area contributed by atoms with Crippen LogP contribution >= 0.6 is 0 Å². The summed E-state index contributed by atoms with van der Waals surface area (Å²) in [4.78, 5) is 10.3. The molecule has 0 bridgehead atoms. The van der Waals surface area contributed by atoms with Crippen molar-refractivity contribution in [1.29, 1.82) is 0 Å². The molecule has 2 rings (SSSR count). The molecule has 0 saturated heterocycles. The van der Waals surface area contributed by atoms with Crippen molar-refractivity contribution in [2.75, 3.05) is 6.54 Å². The third-order valence-corrected chi connectivity index (χ3v) is 2.91. The summed E-state index contributed by atoms with van der Waals surface area (Å²) in [6.45, 7) is 4.90. The fraction of sp³-hybridized carbons (Fsp3) is 0.286. The first kappa shape index (κ1) is 13.3. The summed E-state index contributed by atoms with van der Waals surface area (Å²) in [5.41, 5.74) is 0.777. The molecule has 0 radical (unpaired) electrons. The fourth-order valence-corrected chi connectivity index (χ4v) is 1.92. The molecule has 5 nitrogen and oxygen atoms in total. The summed E-state index contributed by atoms with van der Waals surface area (Å²) in [6.07, 6.45) is 0. The van der Waals surface area contributed by atoms with E-state index >= 15 is 0 Å². The highest BCUT2D eigenvalue weighted by Gasteiger charge is 2.12. The zero-order valence-corrected chi connectivity index (χ0v) is 10.9. The Morgan fingerprint density at radius 2 is 2.16 bits per heavy atom. The van der Waals surface area contributed by atoms with Crippen LogP contribution in [-0.4, -0.2) is 11.5 Å². The van der Waals surface area contributed by atoms with E-state index in [4.69, 9.17) is 4.42 Å². The standard InChI is InChI=1S/C14H16N2O3/c1-3-15-10(2)13-7-8-14(19-13)11-5-4-6-12(9-11)16(17)18/h4-10,15H,3H2,1-2H3. The minimum atomic E-state index is -0.408. The molecule has 19 heavy (non-hydrogen) atoms. The molecule has 5 heteroatoms. The number of nitro benzene ring substituents is 1. The Bertz CT molecular complexity index is 578. The Morgan fingerprint density at radius 3 is 2.84 bits per heavy atom. The average Bonchev–Trinajstić information content (AvgIpc) is 2.89. The summed E-state index contributed by atoms with van der Waals surface area (Å²) in [5.74, 6) is 1.46. The largest absolute Gasteiger partial charge is 0.459 e. The van der Waals surface area contributed by atoms with Gasteiger partial charge >= 0.3 is 0 Å². The lowest BCUT2D eigenvalue weighted by Crippen LogP contribution is -2.16. The number of nitrogens with one attached hydrogen (secondary N) is 1. The average molecular weight is 260 g/mol. The number of rotatable bonds is 5. The van der Waals surface area contributed by atoms with Crippen molar-refractivity contribution in [3.63, 3.8) is 0 Å². The molecule has 1 aromatic carbocycles. The number of nitro groups is 1. The van der Waals surface area contributed by atoms with Crippen LogP contribution in [0.15, 0.2) is 40.8 Å². The van der Waals surface area contributed by atoms with Gasteiger partial charge in [0.15, 0.2) is 0 Å². The zero-order valence-electron chi connectivity index (χ0n) is 10.9. The molecule has 0 aliphatic carbocycles. The molecule has 0 amide bonds. The van der Waals surface area contributed by atoms with Gasteiger partial charge in [0.1, 0.15) is 11.5 Å². The van der Waals surface area contributed by atoms with Gasteiger partial charge in [0.05, 0.1) is 11.0 Å². The van der Waals surface area contributed by atoms with Crippen molar-refractivity contribution >= 4 is 5.69 Å². The minimum Gasteiger partial charge on any atom is -0.459 e. The van der Waals surface area contributed by atoms with Crippen molar-refractivity contribution in [1.82, 2.24) is 5.32 Å². The van der Waals surface area contributed by atoms with Crippen molar-refractivity contribution in [2.45, 2.75) is 19.9 Å². The minimum absolute atomic E-state index is 0.0650. The van der Waals surface area contributed by atoms with Crippen LogP contribution in [0.3, 0.4) is 0 Å². The van der Waals surface area contributed by atoms with Crippen molar-refractivity contribution < 1.29 is 9.34 Å². The number of non-ortho nitro benzene ring substituents is 1. The lowest BCUT2D eigenvalue weighted by molar-refractivity contribution is -0.384. The first-order chi connectivity index (χ1) is 9.11. The van der Waals surface area contributed by atoms with Crippen molar-refractivity contribution in [3.8, 4) is 11.3 Å². The zero-order chi connectivity index (χ0) is 13.8. The highest BCUT2D eigenvalue weighted by atomic mass is 16.6. The number of benzene rings is 1. The van der Waals surface area contributed by atoms with Gasteiger partial charge in [-0.15, -0.1) is 0 Å². The Morgan fingerprint density at radius 1 is 1.37 bits per heavy atom. The lowest BCUT2D eigenvalue weighted by atomic mass is 10.1. The van der Waals surface area contributed by atoms with E-state index in [2.05, 4.69) is 5.32 Å². The SMILES string of the molecule is CCNC(C)c1ccc(-c2cccc([N+](=O)[O-])c2)o1. The molecule has 0 saturated carbocycles. The highest BCUT2D eigenvalue weighted by molar-refractivity contribution is 5.61. The van der Waals surface area contributed by atoms with Crippen LogP contribution in [-0.2, 0) is 0 Å². The third kappa shape index (κ3) is 3.00. The van der Waals surface area contributed by atoms with Crippen LogP contribution < -0.4 is 5.32 Å². The van der Waals surface area contributed by atoms with E-state index in [0.29, 0.717) is 11.3 Å². The second-order valence-corrected chi connectivity index (χ2v) is 4.29. The first-order valence-corrected chi connectivity index (χ1v) is 6.19. The van der Waals surface area contributed by atoms with E-state index in [1.54, 1.807) is 12.1 Å². The second-order valence-electron chi connectivity index (χ2n) is 4.29. The van der Waals surface area contributed by atoms with Gasteiger partial charge in [-0.25, -0.2) is 0 Å². The summed E-state index contributed by atoms with van der Waals surface area (Å²) in [7, 11) is 0. The maximum absolute atomic E-state index is 10.7. The predicted molar refractivity (Wildman–Crippen MR) is 72.9 cm³/mol. The Balaban J connectivity index is 2.27. The van der Waals surface area contributed by atoms with E-state index in [0.717, 1.165) is 12.3 Å². The fourth-order valence-electron chi connectivity index (χ4n) is 1.92. The second kappa shape index (κ2) is 5.67. The maximum Gasteiger partial charge on any atom is 0.270 e. The van der Waals surface area contributed by atoms with Crippen LogP contribution in [0.25, 0.3) is 11.3 Å². The molecule has 1 unspecified atom stereocenters. The predicted octanol–water partition coefficient (Wildman–Crippen LogP) is 3.53. The van der Waals surface area contributed by atoms with Crippen molar-refractivity contribution in [2.24, 2.45) is 0 Å². The summed E-state index contributed by atoms with van der Waals surface area (Å²) >= 11 is 0. The van der Waals surface area contributed by atoms with Gasteiger partial charge in [-0.1, -0.05) is 19.1 Å². The highest BCUT2D eigenvalue weighted by Crippen LogP contribution is 2.27. The summed E-state index contributed by atoms with van der Waals surface area (Å²) in [6, 6.07) is 10.3. The molecule has 0 spiro atoms. The van der Waals surface area contributed by atoms with E-state index in [1.807, 2.05) is 26.0 Å². The van der Waals surface area contributed by atoms with Gasteiger partial charge in [-0.2, -0.15) is 0 Å². The van der Waals surface area contributed by atoms with Gasteiger partial charge in [-0.05, 0) is 25.6 Å². The lowest BCUT2D eigenvalue weighted by Gasteiger charge is -2.08. The molecular weight excluding hydrogens is 244 g/mol. The topological polar surface area (TPSA) is 68.3 Å². The monoisotopic (exact) mass is 260 g/mol. The quantitative estimate of drug-likeness (QED) is 0.659. The Labute approximate surface area is 111 Å². The molecule has 1 heterocycles. The molecule has 1 atom stereocenters. The van der Waals surface area contributed by atoms with E-state index < -0.39 is 4.92 Å². The molecule has 0 aliphatic heterocycles. The Hall–Kier alpha value is -2.14. The van der Waals surface area contributed by atoms with Gasteiger partial charge in [-0.3, -0.25) is 10.1 Å². The Kier molecular flexibility index (Phi) is 3.97. The normalized spacial score (nSPS) is 12.3. The van der Waals surface area contributed by atoms with Crippen LogP contribution in [0.2, 0.25) is 0 Å². The van der Waals surface area contributed by atoms with Crippen LogP contribution in [0, 0.1) is 10.1 Å². The smallest absolute Gasteiger partial charge is 0.270 e. The number of hydrogen-bond donors (Lipinski definition) is 1. The molecule has 0 aliphatic rings. The molecule has 1 N–H and O–H groups in total. The molecule has 1 aromatic heterocycles. The summed E-state index contributed by atoms with van der Waals surface area (Å²) < 4.78 is 5.73. The van der Waals surface area contributed by atoms with Gasteiger partial charge < -0.3 is 9.73 Å². The number of hydrogen-bond acceptors (Lipinski definition) is 4. The maximum atomic E-state index is 10.7. The van der Waals surface area contributed by atoms with Crippen LogP contribution in [0.5, 0.6) is 0 Å². The molecule has 0 fully saturated rings. The van der Waals surface area contributed by atoms with Gasteiger partial charge in [0.25, 0.3) is 5.69 Å². The van der Waals surface area contributed by atoms with Crippen LogP contribution in [0.4, 0.5) is 5.69 Å². The van der Waals surface area contributed by atoms with E-state index in [9.17, 15) is 10.1 Å². The van der Waals surface area contributed by atoms with E-state index in [1.165, 1.54) is 12.1 Å². The number of furan rings is 1.